The van der Waals surface area contributed by atoms with E-state index in [-0.39, 0.29) is 30.8 Å². The smallest absolute Gasteiger partial charge is 0.323 e. The summed E-state index contributed by atoms with van der Waals surface area (Å²) in [4.78, 5) is 23.0. The minimum atomic E-state index is 0. The Bertz CT molecular complexity index is 1230. The minimum Gasteiger partial charge on any atom is -1.00 e. The number of aromatic amines is 1. The van der Waals surface area contributed by atoms with Gasteiger partial charge in [-0.3, -0.25) is 4.98 Å². The lowest BCUT2D eigenvalue weighted by Gasteiger charge is -2.26. The fraction of sp³-hybridized carbons (Fsp3) is 0.261. The highest BCUT2D eigenvalue weighted by molar-refractivity contribution is 5.99. The Morgan fingerprint density at radius 1 is 1.06 bits per heavy atom. The highest BCUT2D eigenvalue weighted by Gasteiger charge is 2.17. The zero-order valence-electron chi connectivity index (χ0n) is 18.8. The molecule has 3 aromatic heterocycles. The molecule has 0 aliphatic carbocycles. The van der Waals surface area contributed by atoms with Crippen LogP contribution in [0.15, 0.2) is 60.0 Å². The summed E-state index contributed by atoms with van der Waals surface area (Å²) in [5.41, 5.74) is 5.88. The molecule has 0 atom stereocenters. The summed E-state index contributed by atoms with van der Waals surface area (Å²) in [5.74, 6) is 0.848. The minimum absolute atomic E-state index is 0. The first kappa shape index (κ1) is 26.1. The molecule has 1 aliphatic heterocycles. The molecule has 1 saturated heterocycles. The molecule has 0 radical (unpaired) electrons. The van der Waals surface area contributed by atoms with Gasteiger partial charge in [-0.1, -0.05) is 24.3 Å². The molecule has 1 aromatic carbocycles. The van der Waals surface area contributed by atoms with E-state index in [9.17, 15) is 0 Å². The summed E-state index contributed by atoms with van der Waals surface area (Å²) in [6.45, 7) is 3.07. The van der Waals surface area contributed by atoms with E-state index in [1.54, 1.807) is 12.4 Å². The van der Waals surface area contributed by atoms with Gasteiger partial charge < -0.3 is 44.2 Å². The summed E-state index contributed by atoms with van der Waals surface area (Å²) in [6, 6.07) is 14.1. The number of hydrogen-bond donors (Lipinski definition) is 2. The van der Waals surface area contributed by atoms with Crippen LogP contribution in [-0.4, -0.2) is 64.0 Å². The van der Waals surface area contributed by atoms with Crippen molar-refractivity contribution in [3.63, 3.8) is 0 Å². The molecular weight excluding hydrogens is 491 g/mol. The fourth-order valence-electron chi connectivity index (χ4n) is 3.52. The van der Waals surface area contributed by atoms with Crippen LogP contribution in [0, 0.1) is 0 Å². The van der Waals surface area contributed by atoms with Crippen LogP contribution in [0.5, 0.6) is 6.01 Å². The first-order valence-electron chi connectivity index (χ1n) is 10.8. The molecule has 0 amide bonds. The summed E-state index contributed by atoms with van der Waals surface area (Å²) in [6.07, 6.45) is 6.07. The van der Waals surface area contributed by atoms with Gasteiger partial charge in [0.2, 0.25) is 5.95 Å². The van der Waals surface area contributed by atoms with E-state index in [4.69, 9.17) is 9.47 Å². The number of halogens is 2. The van der Waals surface area contributed by atoms with Gasteiger partial charge in [0, 0.05) is 54.1 Å². The number of fused-ring (bicyclic) bond motifs is 1. The number of para-hydroxylation sites is 1. The number of hydrogen-bond acceptors (Lipinski definition) is 9. The van der Waals surface area contributed by atoms with Gasteiger partial charge in [-0.2, -0.15) is 20.1 Å². The molecule has 0 spiro atoms. The van der Waals surface area contributed by atoms with Gasteiger partial charge in [-0.05, 0) is 18.2 Å². The van der Waals surface area contributed by atoms with Crippen molar-refractivity contribution in [1.82, 2.24) is 24.9 Å². The first-order valence-corrected chi connectivity index (χ1v) is 10.8. The van der Waals surface area contributed by atoms with Crippen LogP contribution in [0.2, 0.25) is 0 Å². The molecule has 4 aromatic rings. The predicted octanol–water partition coefficient (Wildman–Crippen LogP) is -3.34. The van der Waals surface area contributed by atoms with Gasteiger partial charge in [-0.15, -0.1) is 0 Å². The van der Waals surface area contributed by atoms with Crippen molar-refractivity contribution in [2.45, 2.75) is 6.42 Å². The SMILES string of the molecule is C(=N\Nc1nc(OCCc2ccccn2)nc(N2CCOCC2)n1)/c1c[nH]c2ccccc12.[Cl-].[Cl-]. The number of H-pyrrole nitrogens is 1. The molecule has 12 heteroatoms. The van der Waals surface area contributed by atoms with E-state index in [1.807, 2.05) is 53.6 Å². The second-order valence-electron chi connectivity index (χ2n) is 7.42. The molecule has 1 aliphatic rings. The van der Waals surface area contributed by atoms with Crippen molar-refractivity contribution in [1.29, 1.82) is 0 Å². The van der Waals surface area contributed by atoms with Crippen LogP contribution < -0.4 is 39.9 Å². The maximum atomic E-state index is 5.83. The Morgan fingerprint density at radius 2 is 1.89 bits per heavy atom. The fourth-order valence-corrected chi connectivity index (χ4v) is 3.52. The van der Waals surface area contributed by atoms with Crippen molar-refractivity contribution in [3.8, 4) is 6.01 Å². The Morgan fingerprint density at radius 3 is 2.71 bits per heavy atom. The van der Waals surface area contributed by atoms with Crippen LogP contribution >= 0.6 is 0 Å². The number of morpholine rings is 1. The van der Waals surface area contributed by atoms with Crippen molar-refractivity contribution >= 4 is 29.0 Å². The molecule has 0 bridgehead atoms. The largest absolute Gasteiger partial charge is 1.00 e. The molecule has 5 rings (SSSR count). The zero-order valence-corrected chi connectivity index (χ0v) is 20.3. The van der Waals surface area contributed by atoms with Crippen molar-refractivity contribution in [3.05, 3.63) is 66.1 Å². The van der Waals surface area contributed by atoms with E-state index in [0.717, 1.165) is 22.2 Å². The van der Waals surface area contributed by atoms with Gasteiger partial charge in [0.15, 0.2) is 0 Å². The Balaban J connectivity index is 0.00000171. The number of anilines is 2. The van der Waals surface area contributed by atoms with Crippen LogP contribution in [0.1, 0.15) is 11.3 Å². The second kappa shape index (κ2) is 12.8. The van der Waals surface area contributed by atoms with Gasteiger partial charge in [0.25, 0.3) is 5.95 Å². The number of ether oxygens (including phenoxy) is 2. The van der Waals surface area contributed by atoms with E-state index in [0.29, 0.717) is 51.2 Å². The molecule has 10 nitrogen and oxygen atoms in total. The van der Waals surface area contributed by atoms with Crippen LogP contribution in [-0.2, 0) is 11.2 Å². The number of benzene rings is 1. The molecule has 1 fully saturated rings. The Labute approximate surface area is 215 Å². The van der Waals surface area contributed by atoms with Crippen molar-refractivity contribution < 1.29 is 34.3 Å². The average Bonchev–Trinajstić information content (AvgIpc) is 3.28. The maximum Gasteiger partial charge on any atom is 0.323 e. The normalized spacial score (nSPS) is 13.3. The standard InChI is InChI=1S/C23H24N8O2.2ClH/c1-2-7-20-19(6-1)17(15-25-20)16-26-30-21-27-22(31-10-13-32-14-11-31)29-23(28-21)33-12-8-18-5-3-4-9-24-18;;/h1-7,9,15-16,25H,8,10-14H2,(H,27,28,29,30);2*1H/p-2/b26-16+;;. The topological polar surface area (TPSA) is 113 Å². The predicted molar refractivity (Wildman–Crippen MR) is 126 cm³/mol. The maximum absolute atomic E-state index is 5.83. The van der Waals surface area contributed by atoms with E-state index < -0.39 is 0 Å². The second-order valence-corrected chi connectivity index (χ2v) is 7.42. The number of pyridine rings is 1. The Kier molecular flexibility index (Phi) is 9.59. The Hall–Kier alpha value is -3.47. The number of rotatable bonds is 8. The van der Waals surface area contributed by atoms with Gasteiger partial charge in [0.1, 0.15) is 0 Å². The highest BCUT2D eigenvalue weighted by Crippen LogP contribution is 2.18. The van der Waals surface area contributed by atoms with Gasteiger partial charge in [-0.25, -0.2) is 5.43 Å². The third-order valence-corrected chi connectivity index (χ3v) is 5.20. The van der Waals surface area contributed by atoms with E-state index in [2.05, 4.69) is 35.4 Å². The number of aromatic nitrogens is 5. The molecule has 2 N–H and O–H groups in total. The van der Waals surface area contributed by atoms with Crippen LogP contribution in [0.25, 0.3) is 10.9 Å². The molecule has 4 heterocycles. The third-order valence-electron chi connectivity index (χ3n) is 5.20. The molecule has 184 valence electrons. The lowest BCUT2D eigenvalue weighted by Crippen LogP contribution is -3.00. The number of nitrogens with zero attached hydrogens (tertiary/aromatic N) is 6. The molecule has 35 heavy (non-hydrogen) atoms. The van der Waals surface area contributed by atoms with Gasteiger partial charge >= 0.3 is 6.01 Å². The summed E-state index contributed by atoms with van der Waals surface area (Å²) in [7, 11) is 0. The monoisotopic (exact) mass is 514 g/mol. The number of nitrogens with one attached hydrogen (secondary N) is 2. The number of hydrazone groups is 1. The summed E-state index contributed by atoms with van der Waals surface area (Å²) >= 11 is 0. The van der Waals surface area contributed by atoms with Crippen molar-refractivity contribution in [2.24, 2.45) is 5.10 Å². The van der Waals surface area contributed by atoms with Crippen molar-refractivity contribution in [2.75, 3.05) is 43.2 Å². The molecule has 0 saturated carbocycles. The zero-order chi connectivity index (χ0) is 22.3. The van der Waals surface area contributed by atoms with Gasteiger partial charge in [0.05, 0.1) is 26.0 Å². The molecular formula is C23H24Cl2N8O2-2. The van der Waals surface area contributed by atoms with E-state index >= 15 is 0 Å². The third kappa shape index (κ3) is 6.78. The lowest BCUT2D eigenvalue weighted by atomic mass is 10.2. The lowest BCUT2D eigenvalue weighted by molar-refractivity contribution is -0.00100. The van der Waals surface area contributed by atoms with Crippen LogP contribution in [0.3, 0.4) is 0 Å². The van der Waals surface area contributed by atoms with Crippen LogP contribution in [0.4, 0.5) is 11.9 Å². The molecule has 0 unspecified atom stereocenters. The van der Waals surface area contributed by atoms with E-state index in [1.165, 1.54) is 0 Å². The highest BCUT2D eigenvalue weighted by atomic mass is 35.5. The average molecular weight is 515 g/mol. The summed E-state index contributed by atoms with van der Waals surface area (Å²) < 4.78 is 11.3. The summed E-state index contributed by atoms with van der Waals surface area (Å²) in [5, 5.41) is 5.42. The first-order chi connectivity index (χ1) is 16.3. The quantitative estimate of drug-likeness (QED) is 0.185.